The first-order valence-corrected chi connectivity index (χ1v) is 8.63. The summed E-state index contributed by atoms with van der Waals surface area (Å²) in [5, 5.41) is 1.21. The Morgan fingerprint density at radius 2 is 1.88 bits per heavy atom. The minimum absolute atomic E-state index is 0.0376. The average Bonchev–Trinajstić information content (AvgIpc) is 3.04. The number of nitrogens with zero attached hydrogens (tertiary/aromatic N) is 1. The van der Waals surface area contributed by atoms with Gasteiger partial charge in [-0.2, -0.15) is 0 Å². The number of amides is 1. The number of aromatic amines is 1. The Balaban J connectivity index is 1.58. The molecule has 0 saturated heterocycles. The van der Waals surface area contributed by atoms with Gasteiger partial charge in [0.2, 0.25) is 5.91 Å². The van der Waals surface area contributed by atoms with E-state index in [1.165, 1.54) is 17.0 Å². The van der Waals surface area contributed by atoms with Crippen LogP contribution in [0.15, 0.2) is 54.7 Å². The van der Waals surface area contributed by atoms with Crippen LogP contribution in [0.2, 0.25) is 0 Å². The highest BCUT2D eigenvalue weighted by atomic mass is 19.1. The predicted molar refractivity (Wildman–Crippen MR) is 98.8 cm³/mol. The van der Waals surface area contributed by atoms with Gasteiger partial charge in [0.05, 0.1) is 6.04 Å². The van der Waals surface area contributed by atoms with Crippen molar-refractivity contribution in [3.63, 3.8) is 0 Å². The third kappa shape index (κ3) is 3.73. The fourth-order valence-electron chi connectivity index (χ4n) is 3.18. The normalized spacial score (nSPS) is 12.3. The van der Waals surface area contributed by atoms with E-state index >= 15 is 0 Å². The van der Waals surface area contributed by atoms with Crippen LogP contribution < -0.4 is 0 Å². The Bertz CT molecular complexity index is 871. The fourth-order valence-corrected chi connectivity index (χ4v) is 3.18. The Hall–Kier alpha value is -2.62. The zero-order valence-corrected chi connectivity index (χ0v) is 14.6. The average molecular weight is 338 g/mol. The van der Waals surface area contributed by atoms with E-state index in [0.29, 0.717) is 12.0 Å². The number of rotatable bonds is 6. The molecule has 4 heteroatoms. The van der Waals surface area contributed by atoms with E-state index < -0.39 is 0 Å². The molecule has 1 unspecified atom stereocenters. The quantitative estimate of drug-likeness (QED) is 0.685. The zero-order valence-electron chi connectivity index (χ0n) is 14.6. The van der Waals surface area contributed by atoms with Gasteiger partial charge in [-0.25, -0.2) is 4.39 Å². The van der Waals surface area contributed by atoms with Gasteiger partial charge in [0.25, 0.3) is 0 Å². The third-order valence-corrected chi connectivity index (χ3v) is 4.84. The maximum absolute atomic E-state index is 13.9. The molecule has 2 aromatic carbocycles. The summed E-state index contributed by atoms with van der Waals surface area (Å²) in [6, 6.07) is 14.5. The van der Waals surface area contributed by atoms with Crippen LogP contribution in [0, 0.1) is 5.82 Å². The molecule has 130 valence electrons. The Kier molecular flexibility index (Phi) is 5.17. The number of H-pyrrole nitrogens is 1. The Labute approximate surface area is 147 Å². The van der Waals surface area contributed by atoms with E-state index in [1.54, 1.807) is 30.1 Å². The number of carbonyl (C=O) groups excluding carboxylic acids is 1. The monoisotopic (exact) mass is 338 g/mol. The van der Waals surface area contributed by atoms with Gasteiger partial charge < -0.3 is 9.88 Å². The molecule has 0 aliphatic heterocycles. The summed E-state index contributed by atoms with van der Waals surface area (Å²) in [7, 11) is 1.74. The first kappa shape index (κ1) is 17.2. The standard InChI is InChI=1S/C21H23FN2O/c1-15(17-9-3-5-11-19(17)22)24(2)21(25)13-7-8-16-14-23-20-12-6-4-10-18(16)20/h3-6,9-12,14-15,23H,7-8,13H2,1-2H3. The van der Waals surface area contributed by atoms with Crippen molar-refractivity contribution in [3.05, 3.63) is 71.7 Å². The number of fused-ring (bicyclic) bond motifs is 1. The van der Waals surface area contributed by atoms with Crippen molar-refractivity contribution >= 4 is 16.8 Å². The summed E-state index contributed by atoms with van der Waals surface area (Å²) in [5.74, 6) is -0.232. The summed E-state index contributed by atoms with van der Waals surface area (Å²) in [4.78, 5) is 17.3. The summed E-state index contributed by atoms with van der Waals surface area (Å²) < 4.78 is 13.9. The molecule has 0 bridgehead atoms. The first-order valence-electron chi connectivity index (χ1n) is 8.63. The Morgan fingerprint density at radius 3 is 2.68 bits per heavy atom. The van der Waals surface area contributed by atoms with Crippen molar-refractivity contribution in [2.45, 2.75) is 32.2 Å². The molecule has 1 amide bonds. The molecule has 3 aromatic rings. The lowest BCUT2D eigenvalue weighted by Gasteiger charge is -2.25. The number of para-hydroxylation sites is 1. The van der Waals surface area contributed by atoms with Crippen LogP contribution in [0.1, 0.15) is 36.9 Å². The maximum Gasteiger partial charge on any atom is 0.222 e. The van der Waals surface area contributed by atoms with Crippen LogP contribution in [-0.2, 0) is 11.2 Å². The number of halogens is 1. The largest absolute Gasteiger partial charge is 0.361 e. The molecule has 1 heterocycles. The van der Waals surface area contributed by atoms with E-state index in [9.17, 15) is 9.18 Å². The number of benzene rings is 2. The molecular formula is C21H23FN2O. The lowest BCUT2D eigenvalue weighted by Crippen LogP contribution is -2.30. The van der Waals surface area contributed by atoms with Crippen molar-refractivity contribution in [1.29, 1.82) is 0 Å². The van der Waals surface area contributed by atoms with Gasteiger partial charge in [-0.1, -0.05) is 36.4 Å². The topological polar surface area (TPSA) is 36.1 Å². The molecule has 0 aliphatic rings. The van der Waals surface area contributed by atoms with Crippen molar-refractivity contribution < 1.29 is 9.18 Å². The summed E-state index contributed by atoms with van der Waals surface area (Å²) in [5.41, 5.74) is 2.90. The fraction of sp³-hybridized carbons (Fsp3) is 0.286. The third-order valence-electron chi connectivity index (χ3n) is 4.84. The lowest BCUT2D eigenvalue weighted by atomic mass is 10.0. The van der Waals surface area contributed by atoms with Crippen LogP contribution in [0.4, 0.5) is 4.39 Å². The second-order valence-electron chi connectivity index (χ2n) is 6.42. The highest BCUT2D eigenvalue weighted by Gasteiger charge is 2.19. The first-order chi connectivity index (χ1) is 12.1. The van der Waals surface area contributed by atoms with E-state index in [4.69, 9.17) is 0 Å². The number of hydrogen-bond donors (Lipinski definition) is 1. The highest BCUT2D eigenvalue weighted by molar-refractivity contribution is 5.83. The number of aromatic nitrogens is 1. The molecule has 1 aromatic heterocycles. The van der Waals surface area contributed by atoms with Crippen molar-refractivity contribution in [1.82, 2.24) is 9.88 Å². The van der Waals surface area contributed by atoms with Crippen LogP contribution in [0.25, 0.3) is 10.9 Å². The van der Waals surface area contributed by atoms with E-state index in [-0.39, 0.29) is 17.8 Å². The van der Waals surface area contributed by atoms with Gasteiger partial charge >= 0.3 is 0 Å². The molecule has 1 atom stereocenters. The van der Waals surface area contributed by atoms with Crippen molar-refractivity contribution in [3.8, 4) is 0 Å². The van der Waals surface area contributed by atoms with Gasteiger partial charge in [0, 0.05) is 36.1 Å². The van der Waals surface area contributed by atoms with Crippen LogP contribution in [-0.4, -0.2) is 22.8 Å². The minimum atomic E-state index is -0.276. The van der Waals surface area contributed by atoms with Gasteiger partial charge in [-0.15, -0.1) is 0 Å². The van der Waals surface area contributed by atoms with Gasteiger partial charge in [-0.3, -0.25) is 4.79 Å². The minimum Gasteiger partial charge on any atom is -0.361 e. The van der Waals surface area contributed by atoms with Crippen molar-refractivity contribution in [2.75, 3.05) is 7.05 Å². The highest BCUT2D eigenvalue weighted by Crippen LogP contribution is 2.23. The number of hydrogen-bond acceptors (Lipinski definition) is 1. The van der Waals surface area contributed by atoms with Gasteiger partial charge in [-0.05, 0) is 37.5 Å². The number of aryl methyl sites for hydroxylation is 1. The summed E-state index contributed by atoms with van der Waals surface area (Å²) in [6.45, 7) is 1.86. The molecule has 1 N–H and O–H groups in total. The number of carbonyl (C=O) groups is 1. The predicted octanol–water partition coefficient (Wildman–Crippen LogP) is 4.85. The molecular weight excluding hydrogens is 315 g/mol. The smallest absolute Gasteiger partial charge is 0.222 e. The number of nitrogens with one attached hydrogen (secondary N) is 1. The van der Waals surface area contributed by atoms with Gasteiger partial charge in [0.15, 0.2) is 0 Å². The molecule has 25 heavy (non-hydrogen) atoms. The molecule has 0 radical (unpaired) electrons. The van der Waals surface area contributed by atoms with Gasteiger partial charge in [0.1, 0.15) is 5.82 Å². The SMILES string of the molecule is CC(c1ccccc1F)N(C)C(=O)CCCc1c[nH]c2ccccc12. The summed E-state index contributed by atoms with van der Waals surface area (Å²) >= 11 is 0. The Morgan fingerprint density at radius 1 is 1.16 bits per heavy atom. The molecule has 3 rings (SSSR count). The maximum atomic E-state index is 13.9. The molecule has 0 spiro atoms. The van der Waals surface area contributed by atoms with Crippen LogP contribution in [0.3, 0.4) is 0 Å². The van der Waals surface area contributed by atoms with E-state index in [2.05, 4.69) is 11.1 Å². The molecule has 0 fully saturated rings. The zero-order chi connectivity index (χ0) is 17.8. The van der Waals surface area contributed by atoms with Crippen LogP contribution >= 0.6 is 0 Å². The van der Waals surface area contributed by atoms with E-state index in [1.807, 2.05) is 31.3 Å². The summed E-state index contributed by atoms with van der Waals surface area (Å²) in [6.07, 6.45) is 4.09. The second-order valence-corrected chi connectivity index (χ2v) is 6.42. The van der Waals surface area contributed by atoms with Crippen LogP contribution in [0.5, 0.6) is 0 Å². The molecule has 0 saturated carbocycles. The molecule has 3 nitrogen and oxygen atoms in total. The second kappa shape index (κ2) is 7.51. The lowest BCUT2D eigenvalue weighted by molar-refractivity contribution is -0.131. The molecule has 0 aliphatic carbocycles. The van der Waals surface area contributed by atoms with E-state index in [0.717, 1.165) is 18.4 Å². The van der Waals surface area contributed by atoms with Crippen molar-refractivity contribution in [2.24, 2.45) is 0 Å².